The summed E-state index contributed by atoms with van der Waals surface area (Å²) in [5, 5.41) is 20.9. The smallest absolute Gasteiger partial charge is 0.252 e. The molecule has 3 heteroatoms. The minimum Gasteiger partial charge on any atom is -0.310 e. The Morgan fingerprint density at radius 2 is 0.739 bits per heavy atom. The van der Waals surface area contributed by atoms with Crippen LogP contribution in [0.15, 0.2) is 224 Å². The first-order valence-electron chi connectivity index (χ1n) is 41.5. The van der Waals surface area contributed by atoms with Gasteiger partial charge in [0, 0.05) is 49.2 Å². The minimum absolute atomic E-state index is 0.0271. The highest BCUT2D eigenvalue weighted by Crippen LogP contribution is 2.56. The van der Waals surface area contributed by atoms with Crippen molar-refractivity contribution in [3.05, 3.63) is 269 Å². The van der Waals surface area contributed by atoms with Crippen molar-refractivity contribution in [2.75, 3.05) is 0 Å². The molecule has 2 nitrogen and oxygen atoms in total. The van der Waals surface area contributed by atoms with Gasteiger partial charge in [-0.2, -0.15) is 0 Å². The van der Waals surface area contributed by atoms with Gasteiger partial charge in [-0.05, 0) is 291 Å². The molecule has 0 fully saturated rings. The first-order valence-corrected chi connectivity index (χ1v) is 41.5. The Morgan fingerprint density at radius 3 is 1.31 bits per heavy atom. The lowest BCUT2D eigenvalue weighted by molar-refractivity contribution is 0.332. The first kappa shape index (κ1) is 67.4. The SMILES string of the molecule is CC(C)(C)c1ccc2c(c1)c1cc(C(C)(C)C)cc3c1n2-c1cc(-c2c(-c4ccc5c(c4)CCCC5(C)C)cc(-c4ccc5c(c4)C(C)(C)CCC5(C)C)cc2-c2ccc4c(c2)C(C)(C)CCC4(C)C)cc2c1B3c1cc3c4ccccc4c4ccccc4c3c3c4c5c6ccccc6c6ccccc6c5ccc4n-2c13. The zero-order chi connectivity index (χ0) is 76.0. The second kappa shape index (κ2) is 22.4. The van der Waals surface area contributed by atoms with E-state index >= 15 is 0 Å². The van der Waals surface area contributed by atoms with Crippen LogP contribution in [0.5, 0.6) is 0 Å². The summed E-state index contributed by atoms with van der Waals surface area (Å²) in [7, 11) is 0. The van der Waals surface area contributed by atoms with E-state index in [1.165, 1.54) is 244 Å². The third-order valence-corrected chi connectivity index (χ3v) is 29.0. The van der Waals surface area contributed by atoms with Crippen molar-refractivity contribution in [3.8, 4) is 55.9 Å². The molecule has 22 rings (SSSR count). The van der Waals surface area contributed by atoms with Crippen LogP contribution in [0.1, 0.15) is 194 Å². The fourth-order valence-electron chi connectivity index (χ4n) is 22.6. The highest BCUT2D eigenvalue weighted by Gasteiger charge is 2.45. The standard InChI is InChI=1S/C108H99BN2/c1-102(2,3)67-38-43-90-80(57-67)82-58-68(103(4,5)6)59-88-100(82)110(90)92-55-66(56-93-99(92)109(88)89-60-81-74-32-20-18-28-70(74)72-30-22-24-34-76(72)96(81)98-97-91(111(93)101(89)98)44-39-77-73-31-19-17-27-69(73)71-29-21-23-33-75(71)95(77)97)94-78(62-36-40-83-64(50-62)26-25-45-104(83,7)8)51-65(61-35-41-84-86(53-61)107(13,14)48-46-105(84,9)10)52-79(94)63-37-42-85-87(54-63)108(15,16)49-47-106(85,11)12/h17-24,27-44,50-60H,25-26,45-49H2,1-16H3. The van der Waals surface area contributed by atoms with E-state index in [1.54, 1.807) is 0 Å². The minimum atomic E-state index is -0.160. The van der Waals surface area contributed by atoms with Crippen LogP contribution in [0.25, 0.3) is 164 Å². The van der Waals surface area contributed by atoms with Gasteiger partial charge in [-0.1, -0.05) is 287 Å². The average Bonchev–Trinajstić information content (AvgIpc) is 1.58. The summed E-state index contributed by atoms with van der Waals surface area (Å²) in [6.45, 7) is 39.2. The number of nitrogens with zero attached hydrogens (tertiary/aromatic N) is 2. The molecule has 0 radical (unpaired) electrons. The summed E-state index contributed by atoms with van der Waals surface area (Å²) in [6, 6.07) is 91.7. The van der Waals surface area contributed by atoms with E-state index in [1.807, 2.05) is 0 Å². The number of aromatic nitrogens is 2. The Balaban J connectivity index is 0.971. The van der Waals surface area contributed by atoms with Crippen LogP contribution in [0.2, 0.25) is 0 Å². The molecular formula is C108H99BN2. The van der Waals surface area contributed by atoms with E-state index < -0.39 is 0 Å². The number of hydrogen-bond donors (Lipinski definition) is 0. The van der Waals surface area contributed by atoms with Gasteiger partial charge in [0.1, 0.15) is 0 Å². The van der Waals surface area contributed by atoms with Crippen molar-refractivity contribution < 1.29 is 0 Å². The predicted octanol–water partition coefficient (Wildman–Crippen LogP) is 27.5. The molecule has 2 aliphatic heterocycles. The van der Waals surface area contributed by atoms with Crippen molar-refractivity contribution in [2.24, 2.45) is 0 Å². The van der Waals surface area contributed by atoms with Crippen LogP contribution in [0, 0.1) is 0 Å². The monoisotopic (exact) mass is 1430 g/mol. The highest BCUT2D eigenvalue weighted by atomic mass is 15.0. The summed E-state index contributed by atoms with van der Waals surface area (Å²) in [5.74, 6) is 0. The van der Waals surface area contributed by atoms with E-state index in [0.29, 0.717) is 0 Å². The number of aryl methyl sites for hydroxylation is 1. The summed E-state index contributed by atoms with van der Waals surface area (Å²) >= 11 is 0. The molecule has 5 aliphatic rings. The van der Waals surface area contributed by atoms with Crippen LogP contribution in [0.4, 0.5) is 0 Å². The lowest BCUT2D eigenvalue weighted by Crippen LogP contribution is -2.59. The van der Waals surface area contributed by atoms with E-state index in [2.05, 4.69) is 344 Å². The summed E-state index contributed by atoms with van der Waals surface area (Å²) < 4.78 is 5.61. The number of hydrogen-bond acceptors (Lipinski definition) is 0. The van der Waals surface area contributed by atoms with E-state index in [4.69, 9.17) is 0 Å². The van der Waals surface area contributed by atoms with Crippen molar-refractivity contribution in [1.82, 2.24) is 9.13 Å². The quantitative estimate of drug-likeness (QED) is 0.123. The van der Waals surface area contributed by atoms with Crippen LogP contribution in [-0.4, -0.2) is 15.8 Å². The number of fused-ring (bicyclic) bond motifs is 27. The Labute approximate surface area is 654 Å². The molecule has 0 saturated carbocycles. The molecule has 15 aromatic carbocycles. The molecule has 3 aliphatic carbocycles. The maximum Gasteiger partial charge on any atom is 0.252 e. The zero-order valence-corrected chi connectivity index (χ0v) is 67.8. The Kier molecular flexibility index (Phi) is 13.6. The lowest BCUT2D eigenvalue weighted by atomic mass is 9.34. The van der Waals surface area contributed by atoms with Gasteiger partial charge < -0.3 is 9.13 Å². The molecule has 4 heterocycles. The molecule has 17 aromatic rings. The van der Waals surface area contributed by atoms with E-state index in [9.17, 15) is 0 Å². The average molecular weight is 1440 g/mol. The molecule has 0 bridgehead atoms. The van der Waals surface area contributed by atoms with Crippen LogP contribution < -0.4 is 16.4 Å². The summed E-state index contributed by atoms with van der Waals surface area (Å²) in [4.78, 5) is 0. The second-order valence-corrected chi connectivity index (χ2v) is 40.0. The van der Waals surface area contributed by atoms with E-state index in [0.717, 1.165) is 25.7 Å². The lowest BCUT2D eigenvalue weighted by Gasteiger charge is -2.42. The fourth-order valence-corrected chi connectivity index (χ4v) is 22.6. The van der Waals surface area contributed by atoms with Gasteiger partial charge >= 0.3 is 0 Å². The van der Waals surface area contributed by atoms with Gasteiger partial charge in [-0.15, -0.1) is 0 Å². The van der Waals surface area contributed by atoms with Gasteiger partial charge in [0.2, 0.25) is 0 Å². The van der Waals surface area contributed by atoms with Crippen LogP contribution in [0.3, 0.4) is 0 Å². The normalized spacial score (nSPS) is 17.1. The topological polar surface area (TPSA) is 9.86 Å². The Morgan fingerprint density at radius 1 is 0.297 bits per heavy atom. The summed E-state index contributed by atoms with van der Waals surface area (Å²) in [6.07, 6.45) is 8.07. The van der Waals surface area contributed by atoms with Gasteiger partial charge in [0.25, 0.3) is 6.71 Å². The van der Waals surface area contributed by atoms with Crippen molar-refractivity contribution in [1.29, 1.82) is 0 Å². The molecule has 0 atom stereocenters. The highest BCUT2D eigenvalue weighted by molar-refractivity contribution is 7.00. The van der Waals surface area contributed by atoms with Crippen molar-refractivity contribution >= 4 is 131 Å². The third-order valence-electron chi connectivity index (χ3n) is 29.0. The maximum absolute atomic E-state index is 2.83. The number of rotatable bonds is 4. The fraction of sp³-hybridized carbons (Fsp3) is 0.278. The molecular weight excluding hydrogens is 1340 g/mol. The molecule has 0 spiro atoms. The molecule has 2 aromatic heterocycles. The van der Waals surface area contributed by atoms with Crippen molar-refractivity contribution in [2.45, 2.75) is 194 Å². The van der Waals surface area contributed by atoms with Gasteiger partial charge in [0.05, 0.1) is 16.6 Å². The van der Waals surface area contributed by atoms with Crippen LogP contribution in [-0.2, 0) is 44.3 Å². The van der Waals surface area contributed by atoms with E-state index in [-0.39, 0.29) is 44.6 Å². The molecule has 111 heavy (non-hydrogen) atoms. The molecule has 0 unspecified atom stereocenters. The Hall–Kier alpha value is -10.5. The molecule has 0 saturated heterocycles. The molecule has 0 amide bonds. The van der Waals surface area contributed by atoms with Gasteiger partial charge in [0.15, 0.2) is 0 Å². The maximum atomic E-state index is 2.83. The second-order valence-electron chi connectivity index (χ2n) is 40.0. The third kappa shape index (κ3) is 9.39. The molecule has 0 N–H and O–H groups in total. The summed E-state index contributed by atoms with van der Waals surface area (Å²) in [5.41, 5.74) is 33.5. The largest absolute Gasteiger partial charge is 0.310 e. The van der Waals surface area contributed by atoms with Crippen molar-refractivity contribution in [3.63, 3.8) is 0 Å². The van der Waals surface area contributed by atoms with Gasteiger partial charge in [-0.25, -0.2) is 0 Å². The molecule has 544 valence electrons. The van der Waals surface area contributed by atoms with Gasteiger partial charge in [-0.3, -0.25) is 0 Å². The number of benzene rings is 15. The van der Waals surface area contributed by atoms with Crippen LogP contribution >= 0.6 is 0 Å². The first-order chi connectivity index (χ1) is 53.0. The Bertz CT molecular complexity index is 7060. The zero-order valence-electron chi connectivity index (χ0n) is 67.8. The predicted molar refractivity (Wildman–Crippen MR) is 480 cm³/mol.